The minimum absolute atomic E-state index is 0.141. The molecule has 1 unspecified atom stereocenters. The van der Waals surface area contributed by atoms with Gasteiger partial charge in [0.1, 0.15) is 4.88 Å². The standard InChI is InChI=1S/C7H7ClF3NOS/c1-3(13)2-4-5(7(9,10)11)14-6(8)12-4/h3,13H,2H2,1H3. The molecule has 14 heavy (non-hydrogen) atoms. The SMILES string of the molecule is CC(O)Cc1nc(Cl)sc1C(F)(F)F. The average molecular weight is 246 g/mol. The summed E-state index contributed by atoms with van der Waals surface area (Å²) in [5.74, 6) is 0. The summed E-state index contributed by atoms with van der Waals surface area (Å²) in [5, 5.41) is 8.96. The molecule has 0 spiro atoms. The van der Waals surface area contributed by atoms with Crippen LogP contribution in [0.3, 0.4) is 0 Å². The third-order valence-corrected chi connectivity index (χ3v) is 2.66. The molecule has 1 N–H and O–H groups in total. The van der Waals surface area contributed by atoms with Crippen LogP contribution in [0, 0.1) is 0 Å². The van der Waals surface area contributed by atoms with E-state index in [1.807, 2.05) is 0 Å². The molecule has 0 amide bonds. The highest BCUT2D eigenvalue weighted by Gasteiger charge is 2.37. The van der Waals surface area contributed by atoms with Crippen LogP contribution in [0.15, 0.2) is 0 Å². The van der Waals surface area contributed by atoms with Gasteiger partial charge in [-0.05, 0) is 6.92 Å². The number of halogens is 4. The first-order valence-corrected chi connectivity index (χ1v) is 4.90. The number of nitrogens with zero attached hydrogens (tertiary/aromatic N) is 1. The lowest BCUT2D eigenvalue weighted by Gasteiger charge is -2.06. The molecule has 0 aliphatic carbocycles. The number of alkyl halides is 3. The Morgan fingerprint density at radius 2 is 2.14 bits per heavy atom. The number of aliphatic hydroxyl groups is 1. The van der Waals surface area contributed by atoms with Crippen LogP contribution in [-0.2, 0) is 12.6 Å². The Morgan fingerprint density at radius 3 is 2.57 bits per heavy atom. The van der Waals surface area contributed by atoms with E-state index in [4.69, 9.17) is 16.7 Å². The van der Waals surface area contributed by atoms with Crippen molar-refractivity contribution in [2.45, 2.75) is 25.6 Å². The highest BCUT2D eigenvalue weighted by atomic mass is 35.5. The fourth-order valence-corrected chi connectivity index (χ4v) is 1.98. The summed E-state index contributed by atoms with van der Waals surface area (Å²) in [6, 6.07) is 0. The van der Waals surface area contributed by atoms with Gasteiger partial charge in [-0.15, -0.1) is 0 Å². The molecule has 1 rings (SSSR count). The van der Waals surface area contributed by atoms with Crippen molar-refractivity contribution in [1.82, 2.24) is 4.98 Å². The Labute approximate surface area is 87.3 Å². The molecular weight excluding hydrogens is 239 g/mol. The highest BCUT2D eigenvalue weighted by molar-refractivity contribution is 7.15. The van der Waals surface area contributed by atoms with E-state index in [0.717, 1.165) is 0 Å². The Kier molecular flexibility index (Phi) is 3.39. The summed E-state index contributed by atoms with van der Waals surface area (Å²) < 4.78 is 36.9. The summed E-state index contributed by atoms with van der Waals surface area (Å²) in [4.78, 5) is 2.69. The van der Waals surface area contributed by atoms with E-state index >= 15 is 0 Å². The van der Waals surface area contributed by atoms with E-state index in [2.05, 4.69) is 4.98 Å². The van der Waals surface area contributed by atoms with Crippen LogP contribution in [0.2, 0.25) is 4.47 Å². The lowest BCUT2D eigenvalue weighted by molar-refractivity contribution is -0.135. The summed E-state index contributed by atoms with van der Waals surface area (Å²) >= 11 is 5.76. The largest absolute Gasteiger partial charge is 0.427 e. The lowest BCUT2D eigenvalue weighted by atomic mass is 10.2. The van der Waals surface area contributed by atoms with Gasteiger partial charge in [0.15, 0.2) is 4.47 Å². The topological polar surface area (TPSA) is 33.1 Å². The minimum Gasteiger partial charge on any atom is -0.393 e. The number of aliphatic hydroxyl groups excluding tert-OH is 1. The fourth-order valence-electron chi connectivity index (χ4n) is 0.962. The summed E-state index contributed by atoms with van der Waals surface area (Å²) in [6.45, 7) is 1.40. The van der Waals surface area contributed by atoms with Crippen molar-refractivity contribution in [3.8, 4) is 0 Å². The minimum atomic E-state index is -4.45. The molecule has 1 aromatic heterocycles. The van der Waals surface area contributed by atoms with Crippen LogP contribution in [0.4, 0.5) is 13.2 Å². The second-order valence-electron chi connectivity index (χ2n) is 2.79. The molecule has 0 saturated carbocycles. The molecule has 1 aromatic rings. The van der Waals surface area contributed by atoms with Crippen LogP contribution in [-0.4, -0.2) is 16.2 Å². The predicted molar refractivity (Wildman–Crippen MR) is 47.5 cm³/mol. The number of hydrogen-bond donors (Lipinski definition) is 1. The van der Waals surface area contributed by atoms with Crippen LogP contribution >= 0.6 is 22.9 Å². The van der Waals surface area contributed by atoms with Crippen molar-refractivity contribution < 1.29 is 18.3 Å². The molecule has 80 valence electrons. The number of aromatic nitrogens is 1. The molecule has 7 heteroatoms. The van der Waals surface area contributed by atoms with Gasteiger partial charge in [0.2, 0.25) is 0 Å². The first kappa shape index (κ1) is 11.7. The molecule has 0 bridgehead atoms. The Hall–Kier alpha value is -0.330. The van der Waals surface area contributed by atoms with Crippen molar-refractivity contribution in [1.29, 1.82) is 0 Å². The van der Waals surface area contributed by atoms with E-state index in [1.165, 1.54) is 6.92 Å². The quantitative estimate of drug-likeness (QED) is 0.869. The lowest BCUT2D eigenvalue weighted by Crippen LogP contribution is -2.11. The third-order valence-electron chi connectivity index (χ3n) is 1.42. The fraction of sp³-hybridized carbons (Fsp3) is 0.571. The zero-order valence-electron chi connectivity index (χ0n) is 7.10. The van der Waals surface area contributed by atoms with Gasteiger partial charge in [0.25, 0.3) is 0 Å². The van der Waals surface area contributed by atoms with E-state index in [9.17, 15) is 13.2 Å². The van der Waals surface area contributed by atoms with Crippen molar-refractivity contribution in [2.24, 2.45) is 0 Å². The van der Waals surface area contributed by atoms with Gasteiger partial charge in [-0.1, -0.05) is 22.9 Å². The Balaban J connectivity index is 3.03. The van der Waals surface area contributed by atoms with Crippen molar-refractivity contribution >= 4 is 22.9 Å². The molecule has 0 aromatic carbocycles. The van der Waals surface area contributed by atoms with Crippen LogP contribution in [0.5, 0.6) is 0 Å². The van der Waals surface area contributed by atoms with Gasteiger partial charge in [-0.2, -0.15) is 13.2 Å². The smallest absolute Gasteiger partial charge is 0.393 e. The van der Waals surface area contributed by atoms with Gasteiger partial charge in [0.05, 0.1) is 11.8 Å². The third kappa shape index (κ3) is 2.83. The molecule has 0 saturated heterocycles. The van der Waals surface area contributed by atoms with Crippen molar-refractivity contribution in [3.05, 3.63) is 15.0 Å². The van der Waals surface area contributed by atoms with Gasteiger partial charge in [-0.3, -0.25) is 0 Å². The summed E-state index contributed by atoms with van der Waals surface area (Å²) in [5.41, 5.74) is -0.192. The average Bonchev–Trinajstić information content (AvgIpc) is 2.28. The van der Waals surface area contributed by atoms with E-state index in [1.54, 1.807) is 0 Å². The van der Waals surface area contributed by atoms with Crippen molar-refractivity contribution in [3.63, 3.8) is 0 Å². The van der Waals surface area contributed by atoms with E-state index in [-0.39, 0.29) is 16.6 Å². The maximum atomic E-state index is 12.3. The van der Waals surface area contributed by atoms with E-state index in [0.29, 0.717) is 11.3 Å². The number of hydrogen-bond acceptors (Lipinski definition) is 3. The Morgan fingerprint density at radius 1 is 1.57 bits per heavy atom. The van der Waals surface area contributed by atoms with Crippen LogP contribution in [0.1, 0.15) is 17.5 Å². The number of rotatable bonds is 2. The predicted octanol–water partition coefficient (Wildman–Crippen LogP) is 2.74. The monoisotopic (exact) mass is 245 g/mol. The van der Waals surface area contributed by atoms with Gasteiger partial charge in [0, 0.05) is 6.42 Å². The molecule has 2 nitrogen and oxygen atoms in total. The molecule has 0 radical (unpaired) electrons. The molecule has 0 aliphatic heterocycles. The van der Waals surface area contributed by atoms with Crippen LogP contribution < -0.4 is 0 Å². The molecule has 1 heterocycles. The maximum absolute atomic E-state index is 12.3. The summed E-state index contributed by atoms with van der Waals surface area (Å²) in [6.07, 6.45) is -5.46. The van der Waals surface area contributed by atoms with Gasteiger partial charge < -0.3 is 5.11 Å². The Bertz CT molecular complexity index is 323. The van der Waals surface area contributed by atoms with Crippen molar-refractivity contribution in [2.75, 3.05) is 0 Å². The molecule has 0 aliphatic rings. The first-order valence-electron chi connectivity index (χ1n) is 3.71. The molecule has 0 fully saturated rings. The summed E-state index contributed by atoms with van der Waals surface area (Å²) in [7, 11) is 0. The second-order valence-corrected chi connectivity index (χ2v) is 4.37. The van der Waals surface area contributed by atoms with Gasteiger partial charge in [-0.25, -0.2) is 4.98 Å². The zero-order chi connectivity index (χ0) is 10.9. The van der Waals surface area contributed by atoms with Gasteiger partial charge >= 0.3 is 6.18 Å². The van der Waals surface area contributed by atoms with E-state index < -0.39 is 17.2 Å². The highest BCUT2D eigenvalue weighted by Crippen LogP contribution is 2.38. The van der Waals surface area contributed by atoms with Crippen LogP contribution in [0.25, 0.3) is 0 Å². The number of thiazole rings is 1. The molecule has 1 atom stereocenters. The first-order chi connectivity index (χ1) is 6.30. The maximum Gasteiger partial charge on any atom is 0.427 e. The normalized spacial score (nSPS) is 14.4. The second kappa shape index (κ2) is 4.04. The zero-order valence-corrected chi connectivity index (χ0v) is 8.67. The molecular formula is C7H7ClF3NOS.